The summed E-state index contributed by atoms with van der Waals surface area (Å²) in [6.07, 6.45) is 4.47. The van der Waals surface area contributed by atoms with E-state index in [1.807, 2.05) is 42.5 Å². The van der Waals surface area contributed by atoms with E-state index in [1.54, 1.807) is 6.07 Å². The molecule has 0 bridgehead atoms. The van der Waals surface area contributed by atoms with E-state index in [4.69, 9.17) is 0 Å². The maximum atomic E-state index is 12.8. The average Bonchev–Trinajstić information content (AvgIpc) is 2.64. The second-order valence-electron chi connectivity index (χ2n) is 6.64. The van der Waals surface area contributed by atoms with Crippen molar-refractivity contribution in [1.29, 1.82) is 5.26 Å². The van der Waals surface area contributed by atoms with Crippen LogP contribution in [0.5, 0.6) is 0 Å². The van der Waals surface area contributed by atoms with E-state index in [-0.39, 0.29) is 11.9 Å². The van der Waals surface area contributed by atoms with Gasteiger partial charge in [-0.1, -0.05) is 43.0 Å². The largest absolute Gasteiger partial charge is 0.349 e. The Kier molecular flexibility index (Phi) is 5.78. The number of nitrogens with one attached hydrogen (secondary N) is 1. The van der Waals surface area contributed by atoms with Crippen LogP contribution in [0.25, 0.3) is 0 Å². The van der Waals surface area contributed by atoms with Gasteiger partial charge in [0.2, 0.25) is 0 Å². The first kappa shape index (κ1) is 17.6. The predicted octanol–water partition coefficient (Wildman–Crippen LogP) is 5.02. The number of benzene rings is 2. The maximum Gasteiger partial charge on any atom is 0.252 e. The molecule has 0 unspecified atom stereocenters. The normalized spacial score (nSPS) is 19.8. The van der Waals surface area contributed by atoms with Crippen molar-refractivity contribution in [1.82, 2.24) is 5.32 Å². The summed E-state index contributed by atoms with van der Waals surface area (Å²) in [6.45, 7) is 2.27. The second-order valence-corrected chi connectivity index (χ2v) is 7.72. The standard InChI is InChI=1S/C21H22N2OS/c1-15-10-12-17(13-11-15)23-21(24)18-7-3-5-9-20(18)25-19-8-4-2-6-16(19)14-22/h2-9,15,17H,10-13H2,1H3,(H,23,24). The molecule has 0 aliphatic heterocycles. The molecule has 25 heavy (non-hydrogen) atoms. The van der Waals surface area contributed by atoms with Crippen LogP contribution in [0.4, 0.5) is 0 Å². The van der Waals surface area contributed by atoms with Gasteiger partial charge in [-0.2, -0.15) is 5.26 Å². The number of carbonyl (C=O) groups excluding carboxylic acids is 1. The van der Waals surface area contributed by atoms with Crippen LogP contribution in [0.2, 0.25) is 0 Å². The van der Waals surface area contributed by atoms with Crippen molar-refractivity contribution in [2.45, 2.75) is 48.4 Å². The quantitative estimate of drug-likeness (QED) is 0.842. The fourth-order valence-corrected chi connectivity index (χ4v) is 4.20. The molecule has 3 nitrogen and oxygen atoms in total. The summed E-state index contributed by atoms with van der Waals surface area (Å²) >= 11 is 1.47. The number of rotatable bonds is 4. The third-order valence-electron chi connectivity index (χ3n) is 4.71. The molecule has 1 amide bonds. The van der Waals surface area contributed by atoms with Gasteiger partial charge in [-0.3, -0.25) is 4.79 Å². The van der Waals surface area contributed by atoms with Crippen molar-refractivity contribution in [3.63, 3.8) is 0 Å². The predicted molar refractivity (Wildman–Crippen MR) is 101 cm³/mol. The first-order chi connectivity index (χ1) is 12.2. The number of carbonyl (C=O) groups is 1. The van der Waals surface area contributed by atoms with Crippen LogP contribution < -0.4 is 5.32 Å². The minimum Gasteiger partial charge on any atom is -0.349 e. The summed E-state index contributed by atoms with van der Waals surface area (Å²) in [5.74, 6) is 0.746. The van der Waals surface area contributed by atoms with Crippen LogP contribution in [0.15, 0.2) is 58.3 Å². The lowest BCUT2D eigenvalue weighted by Gasteiger charge is -2.27. The topological polar surface area (TPSA) is 52.9 Å². The first-order valence-electron chi connectivity index (χ1n) is 8.74. The van der Waals surface area contributed by atoms with E-state index in [0.29, 0.717) is 11.1 Å². The van der Waals surface area contributed by atoms with E-state index in [1.165, 1.54) is 24.6 Å². The second kappa shape index (κ2) is 8.22. The fourth-order valence-electron chi connectivity index (χ4n) is 3.18. The van der Waals surface area contributed by atoms with Crippen LogP contribution in [0.3, 0.4) is 0 Å². The molecule has 0 saturated heterocycles. The molecule has 2 aromatic rings. The third kappa shape index (κ3) is 4.43. The molecule has 1 aliphatic carbocycles. The molecule has 3 rings (SSSR count). The van der Waals surface area contributed by atoms with Crippen molar-refractivity contribution in [2.75, 3.05) is 0 Å². The highest BCUT2D eigenvalue weighted by Crippen LogP contribution is 2.33. The molecule has 1 saturated carbocycles. The molecular formula is C21H22N2OS. The van der Waals surface area contributed by atoms with E-state index in [9.17, 15) is 10.1 Å². The molecule has 2 aromatic carbocycles. The van der Waals surface area contributed by atoms with E-state index < -0.39 is 0 Å². The highest BCUT2D eigenvalue weighted by molar-refractivity contribution is 7.99. The number of nitriles is 1. The molecule has 0 spiro atoms. The molecule has 128 valence electrons. The molecule has 1 aliphatic rings. The third-order valence-corrected chi connectivity index (χ3v) is 5.86. The van der Waals surface area contributed by atoms with Gasteiger partial charge in [0, 0.05) is 15.8 Å². The summed E-state index contributed by atoms with van der Waals surface area (Å²) in [5, 5.41) is 12.5. The molecule has 1 N–H and O–H groups in total. The summed E-state index contributed by atoms with van der Waals surface area (Å²) < 4.78 is 0. The molecular weight excluding hydrogens is 328 g/mol. The Morgan fingerprint density at radius 2 is 1.68 bits per heavy atom. The smallest absolute Gasteiger partial charge is 0.252 e. The monoisotopic (exact) mass is 350 g/mol. The zero-order valence-corrected chi connectivity index (χ0v) is 15.2. The van der Waals surface area contributed by atoms with Crippen LogP contribution in [-0.2, 0) is 0 Å². The maximum absolute atomic E-state index is 12.8. The van der Waals surface area contributed by atoms with Crippen molar-refractivity contribution in [3.8, 4) is 6.07 Å². The van der Waals surface area contributed by atoms with Gasteiger partial charge in [-0.05, 0) is 55.9 Å². The van der Waals surface area contributed by atoms with Crippen molar-refractivity contribution in [3.05, 3.63) is 59.7 Å². The zero-order chi connectivity index (χ0) is 17.6. The van der Waals surface area contributed by atoms with E-state index >= 15 is 0 Å². The Bertz CT molecular complexity index is 788. The zero-order valence-electron chi connectivity index (χ0n) is 14.4. The first-order valence-corrected chi connectivity index (χ1v) is 9.56. The van der Waals surface area contributed by atoms with E-state index in [0.717, 1.165) is 28.6 Å². The molecule has 4 heteroatoms. The van der Waals surface area contributed by atoms with Crippen molar-refractivity contribution >= 4 is 17.7 Å². The molecule has 0 radical (unpaired) electrons. The van der Waals surface area contributed by atoms with Gasteiger partial charge in [0.1, 0.15) is 6.07 Å². The molecule has 1 fully saturated rings. The fraction of sp³-hybridized carbons (Fsp3) is 0.333. The van der Waals surface area contributed by atoms with Crippen LogP contribution in [0.1, 0.15) is 48.5 Å². The van der Waals surface area contributed by atoms with Gasteiger partial charge in [0.05, 0.1) is 11.1 Å². The highest BCUT2D eigenvalue weighted by atomic mass is 32.2. The SMILES string of the molecule is CC1CCC(NC(=O)c2ccccc2Sc2ccccc2C#N)CC1. The lowest BCUT2D eigenvalue weighted by molar-refractivity contribution is 0.0920. The average molecular weight is 350 g/mol. The minimum atomic E-state index is -0.0166. The molecule has 0 aromatic heterocycles. The molecule has 0 heterocycles. The Balaban J connectivity index is 1.76. The van der Waals surface area contributed by atoms with Gasteiger partial charge >= 0.3 is 0 Å². The van der Waals surface area contributed by atoms with Crippen LogP contribution in [0, 0.1) is 17.2 Å². The van der Waals surface area contributed by atoms with Gasteiger partial charge in [-0.15, -0.1) is 0 Å². The van der Waals surface area contributed by atoms with Gasteiger partial charge in [0.15, 0.2) is 0 Å². The minimum absolute atomic E-state index is 0.0166. The number of hydrogen-bond donors (Lipinski definition) is 1. The number of amides is 1. The lowest BCUT2D eigenvalue weighted by Crippen LogP contribution is -2.37. The summed E-state index contributed by atoms with van der Waals surface area (Å²) in [6, 6.07) is 17.6. The highest BCUT2D eigenvalue weighted by Gasteiger charge is 2.21. The number of nitrogens with zero attached hydrogens (tertiary/aromatic N) is 1. The van der Waals surface area contributed by atoms with Gasteiger partial charge < -0.3 is 5.32 Å². The Morgan fingerprint density at radius 3 is 2.40 bits per heavy atom. The van der Waals surface area contributed by atoms with Crippen molar-refractivity contribution < 1.29 is 4.79 Å². The summed E-state index contributed by atoms with van der Waals surface area (Å²) in [4.78, 5) is 14.5. The van der Waals surface area contributed by atoms with Crippen molar-refractivity contribution in [2.24, 2.45) is 5.92 Å². The Morgan fingerprint density at radius 1 is 1.04 bits per heavy atom. The van der Waals surface area contributed by atoms with Gasteiger partial charge in [-0.25, -0.2) is 0 Å². The molecule has 0 atom stereocenters. The summed E-state index contributed by atoms with van der Waals surface area (Å²) in [7, 11) is 0. The Hall–Kier alpha value is -2.25. The lowest BCUT2D eigenvalue weighted by atomic mass is 9.87. The summed E-state index contributed by atoms with van der Waals surface area (Å²) in [5.41, 5.74) is 1.31. The number of hydrogen-bond acceptors (Lipinski definition) is 3. The van der Waals surface area contributed by atoms with Crippen LogP contribution in [-0.4, -0.2) is 11.9 Å². The van der Waals surface area contributed by atoms with Gasteiger partial charge in [0.25, 0.3) is 5.91 Å². The Labute approximate surface area is 153 Å². The van der Waals surface area contributed by atoms with E-state index in [2.05, 4.69) is 18.3 Å². The van der Waals surface area contributed by atoms with Crippen LogP contribution >= 0.6 is 11.8 Å².